The first kappa shape index (κ1) is 11.4. The highest BCUT2D eigenvalue weighted by Gasteiger charge is 2.21. The zero-order chi connectivity index (χ0) is 10.5. The molecule has 2 nitrogen and oxygen atoms in total. The third-order valence-electron chi connectivity index (χ3n) is 4.28. The number of piperidine rings is 1. The van der Waals surface area contributed by atoms with Crippen molar-refractivity contribution < 1.29 is 0 Å². The van der Waals surface area contributed by atoms with E-state index in [1.807, 2.05) is 0 Å². The van der Waals surface area contributed by atoms with E-state index in [1.165, 1.54) is 64.6 Å². The molecule has 0 aromatic carbocycles. The topological polar surface area (TPSA) is 15.3 Å². The lowest BCUT2D eigenvalue weighted by molar-refractivity contribution is 0.153. The summed E-state index contributed by atoms with van der Waals surface area (Å²) >= 11 is 0. The van der Waals surface area contributed by atoms with Crippen LogP contribution in [-0.2, 0) is 0 Å². The van der Waals surface area contributed by atoms with Gasteiger partial charge in [0, 0.05) is 6.04 Å². The van der Waals surface area contributed by atoms with E-state index >= 15 is 0 Å². The lowest BCUT2D eigenvalue weighted by Crippen LogP contribution is -2.37. The second-order valence-corrected chi connectivity index (χ2v) is 5.40. The summed E-state index contributed by atoms with van der Waals surface area (Å²) in [6.07, 6.45) is 10.0. The summed E-state index contributed by atoms with van der Waals surface area (Å²) in [7, 11) is 2.31. The molecule has 2 aliphatic rings. The molecule has 1 aliphatic carbocycles. The maximum Gasteiger partial charge on any atom is 0.00922 e. The third-order valence-corrected chi connectivity index (χ3v) is 4.28. The lowest BCUT2D eigenvalue weighted by atomic mass is 9.90. The molecule has 15 heavy (non-hydrogen) atoms. The van der Waals surface area contributed by atoms with Crippen molar-refractivity contribution in [2.45, 2.75) is 51.0 Å². The van der Waals surface area contributed by atoms with Crippen LogP contribution in [0.4, 0.5) is 0 Å². The molecule has 2 fully saturated rings. The SMILES string of the molecule is CN(CCCC1CCNCC1)C1CCC1. The molecule has 1 heterocycles. The van der Waals surface area contributed by atoms with Gasteiger partial charge in [-0.05, 0) is 71.1 Å². The molecule has 0 spiro atoms. The molecule has 0 aromatic rings. The van der Waals surface area contributed by atoms with Gasteiger partial charge in [-0.15, -0.1) is 0 Å². The first-order valence-corrected chi connectivity index (χ1v) is 6.77. The molecular formula is C13H26N2. The highest BCUT2D eigenvalue weighted by atomic mass is 15.1. The van der Waals surface area contributed by atoms with Crippen molar-refractivity contribution >= 4 is 0 Å². The van der Waals surface area contributed by atoms with E-state index in [1.54, 1.807) is 0 Å². The van der Waals surface area contributed by atoms with Crippen LogP contribution in [0.15, 0.2) is 0 Å². The van der Waals surface area contributed by atoms with Gasteiger partial charge in [0.05, 0.1) is 0 Å². The lowest BCUT2D eigenvalue weighted by Gasteiger charge is -2.35. The van der Waals surface area contributed by atoms with E-state index in [2.05, 4.69) is 17.3 Å². The van der Waals surface area contributed by atoms with Gasteiger partial charge in [-0.25, -0.2) is 0 Å². The van der Waals surface area contributed by atoms with Crippen molar-refractivity contribution in [1.82, 2.24) is 10.2 Å². The van der Waals surface area contributed by atoms with Crippen LogP contribution in [-0.4, -0.2) is 37.6 Å². The van der Waals surface area contributed by atoms with Gasteiger partial charge in [0.1, 0.15) is 0 Å². The molecule has 0 atom stereocenters. The van der Waals surface area contributed by atoms with E-state index in [0.29, 0.717) is 0 Å². The Balaban J connectivity index is 1.53. The summed E-state index contributed by atoms with van der Waals surface area (Å²) in [5.74, 6) is 1.01. The van der Waals surface area contributed by atoms with Gasteiger partial charge < -0.3 is 10.2 Å². The quantitative estimate of drug-likeness (QED) is 0.749. The van der Waals surface area contributed by atoms with E-state index in [-0.39, 0.29) is 0 Å². The monoisotopic (exact) mass is 210 g/mol. The predicted molar refractivity (Wildman–Crippen MR) is 65.1 cm³/mol. The van der Waals surface area contributed by atoms with Crippen molar-refractivity contribution in [3.63, 3.8) is 0 Å². The molecule has 88 valence electrons. The highest BCUT2D eigenvalue weighted by molar-refractivity contribution is 4.78. The fourth-order valence-corrected chi connectivity index (χ4v) is 2.81. The van der Waals surface area contributed by atoms with Crippen molar-refractivity contribution in [2.75, 3.05) is 26.7 Å². The first-order chi connectivity index (χ1) is 7.36. The van der Waals surface area contributed by atoms with Gasteiger partial charge in [-0.1, -0.05) is 6.42 Å². The Morgan fingerprint density at radius 2 is 1.87 bits per heavy atom. The van der Waals surface area contributed by atoms with Crippen molar-refractivity contribution in [1.29, 1.82) is 0 Å². The van der Waals surface area contributed by atoms with Crippen LogP contribution in [0.5, 0.6) is 0 Å². The largest absolute Gasteiger partial charge is 0.317 e. The zero-order valence-electron chi connectivity index (χ0n) is 10.2. The molecule has 2 heteroatoms. The molecule has 1 N–H and O–H groups in total. The Labute approximate surface area is 94.4 Å². The number of hydrogen-bond acceptors (Lipinski definition) is 2. The Morgan fingerprint density at radius 3 is 2.47 bits per heavy atom. The Morgan fingerprint density at radius 1 is 1.13 bits per heavy atom. The van der Waals surface area contributed by atoms with E-state index < -0.39 is 0 Å². The summed E-state index contributed by atoms with van der Waals surface area (Å²) in [6, 6.07) is 0.929. The normalized spacial score (nSPS) is 24.4. The average molecular weight is 210 g/mol. The summed E-state index contributed by atoms with van der Waals surface area (Å²) in [5, 5.41) is 3.44. The van der Waals surface area contributed by atoms with Gasteiger partial charge in [0.15, 0.2) is 0 Å². The molecule has 2 rings (SSSR count). The van der Waals surface area contributed by atoms with E-state index in [0.717, 1.165) is 12.0 Å². The second-order valence-electron chi connectivity index (χ2n) is 5.40. The standard InChI is InChI=1S/C13H26N2/c1-15(13-5-2-6-13)11-3-4-12-7-9-14-10-8-12/h12-14H,2-11H2,1H3. The van der Waals surface area contributed by atoms with Crippen LogP contribution in [0, 0.1) is 5.92 Å². The maximum absolute atomic E-state index is 3.44. The minimum absolute atomic E-state index is 0.929. The number of nitrogens with zero attached hydrogens (tertiary/aromatic N) is 1. The third kappa shape index (κ3) is 3.46. The van der Waals surface area contributed by atoms with Gasteiger partial charge in [0.2, 0.25) is 0 Å². The van der Waals surface area contributed by atoms with E-state index in [9.17, 15) is 0 Å². The molecule has 1 saturated heterocycles. The molecule has 0 bridgehead atoms. The number of nitrogens with one attached hydrogen (secondary N) is 1. The summed E-state index contributed by atoms with van der Waals surface area (Å²) in [4.78, 5) is 2.59. The van der Waals surface area contributed by atoms with Crippen molar-refractivity contribution in [2.24, 2.45) is 5.92 Å². The van der Waals surface area contributed by atoms with Crippen LogP contribution in [0.25, 0.3) is 0 Å². The molecule has 0 radical (unpaired) electrons. The minimum Gasteiger partial charge on any atom is -0.317 e. The number of hydrogen-bond donors (Lipinski definition) is 1. The van der Waals surface area contributed by atoms with Crippen LogP contribution in [0.1, 0.15) is 44.9 Å². The van der Waals surface area contributed by atoms with Crippen molar-refractivity contribution in [3.8, 4) is 0 Å². The second kappa shape index (κ2) is 5.86. The van der Waals surface area contributed by atoms with Gasteiger partial charge in [0.25, 0.3) is 0 Å². The molecule has 1 saturated carbocycles. The summed E-state index contributed by atoms with van der Waals surface area (Å²) in [6.45, 7) is 3.83. The molecular weight excluding hydrogens is 184 g/mol. The van der Waals surface area contributed by atoms with E-state index in [4.69, 9.17) is 0 Å². The smallest absolute Gasteiger partial charge is 0.00922 e. The van der Waals surface area contributed by atoms with Crippen LogP contribution < -0.4 is 5.32 Å². The number of rotatable bonds is 5. The Bertz CT molecular complexity index is 169. The predicted octanol–water partition coefficient (Wildman–Crippen LogP) is 2.25. The van der Waals surface area contributed by atoms with Crippen LogP contribution >= 0.6 is 0 Å². The van der Waals surface area contributed by atoms with Gasteiger partial charge >= 0.3 is 0 Å². The van der Waals surface area contributed by atoms with Gasteiger partial charge in [-0.3, -0.25) is 0 Å². The molecule has 1 aliphatic heterocycles. The molecule has 0 amide bonds. The zero-order valence-corrected chi connectivity index (χ0v) is 10.2. The molecule has 0 unspecified atom stereocenters. The fraction of sp³-hybridized carbons (Fsp3) is 1.00. The summed E-state index contributed by atoms with van der Waals surface area (Å²) < 4.78 is 0. The summed E-state index contributed by atoms with van der Waals surface area (Å²) in [5.41, 5.74) is 0. The highest BCUT2D eigenvalue weighted by Crippen LogP contribution is 2.24. The Kier molecular flexibility index (Phi) is 4.45. The van der Waals surface area contributed by atoms with Crippen molar-refractivity contribution in [3.05, 3.63) is 0 Å². The van der Waals surface area contributed by atoms with Crippen LogP contribution in [0.3, 0.4) is 0 Å². The maximum atomic E-state index is 3.44. The average Bonchev–Trinajstić information content (AvgIpc) is 2.16. The minimum atomic E-state index is 0.929. The molecule has 0 aromatic heterocycles. The first-order valence-electron chi connectivity index (χ1n) is 6.77. The van der Waals surface area contributed by atoms with Crippen LogP contribution in [0.2, 0.25) is 0 Å². The Hall–Kier alpha value is -0.0800. The fourth-order valence-electron chi connectivity index (χ4n) is 2.81. The van der Waals surface area contributed by atoms with Gasteiger partial charge in [-0.2, -0.15) is 0 Å².